The molecule has 3 heterocycles. The molecule has 5 heteroatoms. The number of benzene rings is 3. The first-order valence-corrected chi connectivity index (χ1v) is 12.1. The number of hydrogen-bond donors (Lipinski definition) is 2. The van der Waals surface area contributed by atoms with Crippen molar-refractivity contribution in [2.24, 2.45) is 0 Å². The summed E-state index contributed by atoms with van der Waals surface area (Å²) in [6.07, 6.45) is 5.93. The lowest BCUT2D eigenvalue weighted by molar-refractivity contribution is 0.642. The van der Waals surface area contributed by atoms with Crippen molar-refractivity contribution in [1.29, 1.82) is 0 Å². The zero-order chi connectivity index (χ0) is 22.9. The lowest BCUT2D eigenvalue weighted by atomic mass is 10.0. The van der Waals surface area contributed by atoms with Crippen molar-refractivity contribution < 1.29 is 0 Å². The van der Waals surface area contributed by atoms with Crippen LogP contribution in [0.1, 0.15) is 17.3 Å². The molecule has 0 saturated carbocycles. The molecular weight excluding hydrogens is 484 g/mol. The molecule has 4 aromatic rings. The molecule has 34 heavy (non-hydrogen) atoms. The minimum atomic E-state index is -0.0563. The average Bonchev–Trinajstić information content (AvgIpc) is 3.29. The van der Waals surface area contributed by atoms with Crippen LogP contribution < -0.4 is 15.5 Å². The van der Waals surface area contributed by atoms with E-state index in [2.05, 4.69) is 127 Å². The average molecular weight is 507 g/mol. The van der Waals surface area contributed by atoms with Crippen LogP contribution in [-0.2, 0) is 0 Å². The standard InChI is InChI=1S/C29H23BrN4/c30-25-15-22(21-10-7-13-31-18-21)14-23(16-25)28-33-27-17-24(20-8-3-1-4-9-20)19-32-29(27)34(28)26-11-5-2-6-12-26/h1-18,28,32-33H,19H2. The summed E-state index contributed by atoms with van der Waals surface area (Å²) in [5, 5.41) is 7.49. The molecule has 166 valence electrons. The molecule has 3 aromatic carbocycles. The largest absolute Gasteiger partial charge is 0.366 e. The van der Waals surface area contributed by atoms with Crippen molar-refractivity contribution in [3.8, 4) is 11.1 Å². The van der Waals surface area contributed by atoms with Gasteiger partial charge in [0.2, 0.25) is 0 Å². The number of rotatable bonds is 4. The number of aromatic nitrogens is 1. The fourth-order valence-corrected chi connectivity index (χ4v) is 5.15. The number of anilines is 1. The Morgan fingerprint density at radius 3 is 2.35 bits per heavy atom. The fraction of sp³-hybridized carbons (Fsp3) is 0.0690. The topological polar surface area (TPSA) is 40.2 Å². The highest BCUT2D eigenvalue weighted by Crippen LogP contribution is 2.39. The van der Waals surface area contributed by atoms with E-state index < -0.39 is 0 Å². The van der Waals surface area contributed by atoms with Gasteiger partial charge in [0, 0.05) is 34.7 Å². The first kappa shape index (κ1) is 20.8. The Labute approximate surface area is 207 Å². The van der Waals surface area contributed by atoms with Gasteiger partial charge in [-0.1, -0.05) is 70.5 Å². The van der Waals surface area contributed by atoms with Crippen LogP contribution in [0.4, 0.5) is 5.69 Å². The van der Waals surface area contributed by atoms with Crippen LogP contribution in [0.5, 0.6) is 0 Å². The number of dihydropyridines is 1. The lowest BCUT2D eigenvalue weighted by Crippen LogP contribution is -2.34. The third-order valence-electron chi connectivity index (χ3n) is 6.22. The number of pyridine rings is 1. The van der Waals surface area contributed by atoms with E-state index in [1.807, 2.05) is 12.3 Å². The van der Waals surface area contributed by atoms with Gasteiger partial charge in [0.1, 0.15) is 12.0 Å². The van der Waals surface area contributed by atoms with Gasteiger partial charge in [0.15, 0.2) is 0 Å². The molecule has 1 atom stereocenters. The molecule has 0 aliphatic carbocycles. The van der Waals surface area contributed by atoms with E-state index >= 15 is 0 Å². The molecule has 0 radical (unpaired) electrons. The van der Waals surface area contributed by atoms with Gasteiger partial charge in [-0.3, -0.25) is 4.98 Å². The normalized spacial score (nSPS) is 17.0. The predicted octanol–water partition coefficient (Wildman–Crippen LogP) is 6.48. The Kier molecular flexibility index (Phi) is 5.40. The van der Waals surface area contributed by atoms with Crippen LogP contribution in [0.15, 0.2) is 125 Å². The second-order valence-electron chi connectivity index (χ2n) is 8.42. The van der Waals surface area contributed by atoms with Crippen molar-refractivity contribution in [2.45, 2.75) is 6.17 Å². The van der Waals surface area contributed by atoms with Crippen molar-refractivity contribution in [1.82, 2.24) is 15.6 Å². The van der Waals surface area contributed by atoms with Gasteiger partial charge in [-0.25, -0.2) is 0 Å². The Balaban J connectivity index is 1.44. The van der Waals surface area contributed by atoms with Gasteiger partial charge >= 0.3 is 0 Å². The van der Waals surface area contributed by atoms with Gasteiger partial charge in [-0.15, -0.1) is 0 Å². The summed E-state index contributed by atoms with van der Waals surface area (Å²) in [5.74, 6) is 1.10. The van der Waals surface area contributed by atoms with Crippen LogP contribution in [0.2, 0.25) is 0 Å². The number of nitrogens with one attached hydrogen (secondary N) is 2. The van der Waals surface area contributed by atoms with E-state index in [0.29, 0.717) is 0 Å². The molecule has 0 amide bonds. The summed E-state index contributed by atoms with van der Waals surface area (Å²) in [7, 11) is 0. The molecule has 6 rings (SSSR count). The summed E-state index contributed by atoms with van der Waals surface area (Å²) < 4.78 is 1.04. The smallest absolute Gasteiger partial charge is 0.132 e. The molecule has 0 fully saturated rings. The summed E-state index contributed by atoms with van der Waals surface area (Å²) in [5.41, 5.74) is 8.13. The molecule has 0 saturated heterocycles. The Morgan fingerprint density at radius 1 is 0.824 bits per heavy atom. The highest BCUT2D eigenvalue weighted by molar-refractivity contribution is 9.10. The van der Waals surface area contributed by atoms with E-state index in [-0.39, 0.29) is 6.17 Å². The summed E-state index contributed by atoms with van der Waals surface area (Å²) in [6.45, 7) is 0.778. The van der Waals surface area contributed by atoms with Crippen molar-refractivity contribution in [2.75, 3.05) is 11.4 Å². The van der Waals surface area contributed by atoms with Gasteiger partial charge in [-0.05, 0) is 64.7 Å². The van der Waals surface area contributed by atoms with E-state index in [9.17, 15) is 0 Å². The van der Waals surface area contributed by atoms with Gasteiger partial charge in [-0.2, -0.15) is 0 Å². The Morgan fingerprint density at radius 2 is 1.59 bits per heavy atom. The minimum Gasteiger partial charge on any atom is -0.366 e. The molecule has 0 bridgehead atoms. The first-order valence-electron chi connectivity index (χ1n) is 11.3. The van der Waals surface area contributed by atoms with Gasteiger partial charge in [0.25, 0.3) is 0 Å². The summed E-state index contributed by atoms with van der Waals surface area (Å²) >= 11 is 3.74. The van der Waals surface area contributed by atoms with Gasteiger partial charge in [0.05, 0.1) is 5.70 Å². The SMILES string of the molecule is Brc1cc(-c2cccnc2)cc(C2NC3=C(NCC(c4ccccc4)=C3)N2c2ccccc2)c1. The highest BCUT2D eigenvalue weighted by Gasteiger charge is 2.35. The molecule has 4 nitrogen and oxygen atoms in total. The second kappa shape index (κ2) is 8.84. The van der Waals surface area contributed by atoms with E-state index in [0.717, 1.165) is 39.3 Å². The fourth-order valence-electron chi connectivity index (χ4n) is 4.64. The highest BCUT2D eigenvalue weighted by atomic mass is 79.9. The third-order valence-corrected chi connectivity index (χ3v) is 6.68. The van der Waals surface area contributed by atoms with E-state index in [1.54, 1.807) is 6.20 Å². The zero-order valence-corrected chi connectivity index (χ0v) is 20.0. The number of hydrogen-bond acceptors (Lipinski definition) is 4. The molecule has 0 spiro atoms. The molecule has 1 aromatic heterocycles. The van der Waals surface area contributed by atoms with Crippen molar-refractivity contribution in [3.63, 3.8) is 0 Å². The molecule has 2 aliphatic heterocycles. The maximum atomic E-state index is 4.31. The van der Waals surface area contributed by atoms with Crippen molar-refractivity contribution in [3.05, 3.63) is 137 Å². The molecule has 2 aliphatic rings. The molecule has 1 unspecified atom stereocenters. The molecular formula is C29H23BrN4. The number of nitrogens with zero attached hydrogens (tertiary/aromatic N) is 2. The van der Waals surface area contributed by atoms with Crippen LogP contribution in [0.3, 0.4) is 0 Å². The Bertz CT molecular complexity index is 1380. The predicted molar refractivity (Wildman–Crippen MR) is 142 cm³/mol. The maximum absolute atomic E-state index is 4.31. The lowest BCUT2D eigenvalue weighted by Gasteiger charge is -2.30. The van der Waals surface area contributed by atoms with Crippen molar-refractivity contribution >= 4 is 27.2 Å². The second-order valence-corrected chi connectivity index (χ2v) is 9.33. The summed E-state index contributed by atoms with van der Waals surface area (Å²) in [6, 6.07) is 31.7. The van der Waals surface area contributed by atoms with Crippen LogP contribution >= 0.6 is 15.9 Å². The van der Waals surface area contributed by atoms with E-state index in [1.165, 1.54) is 16.7 Å². The molecule has 2 N–H and O–H groups in total. The Hall–Kier alpha value is -3.83. The number of para-hydroxylation sites is 1. The third kappa shape index (κ3) is 3.88. The maximum Gasteiger partial charge on any atom is 0.132 e. The minimum absolute atomic E-state index is 0.0563. The van der Waals surface area contributed by atoms with E-state index in [4.69, 9.17) is 0 Å². The number of allylic oxidation sites excluding steroid dienone is 1. The monoisotopic (exact) mass is 506 g/mol. The quantitative estimate of drug-likeness (QED) is 0.332. The van der Waals surface area contributed by atoms with Crippen LogP contribution in [0, 0.1) is 0 Å². The number of halogens is 1. The van der Waals surface area contributed by atoms with Crippen LogP contribution in [0.25, 0.3) is 16.7 Å². The first-order chi connectivity index (χ1) is 16.8. The van der Waals surface area contributed by atoms with Gasteiger partial charge < -0.3 is 15.5 Å². The zero-order valence-electron chi connectivity index (χ0n) is 18.4. The summed E-state index contributed by atoms with van der Waals surface area (Å²) in [4.78, 5) is 6.66. The van der Waals surface area contributed by atoms with Crippen LogP contribution in [-0.4, -0.2) is 11.5 Å².